The summed E-state index contributed by atoms with van der Waals surface area (Å²) in [7, 11) is 0. The number of imide groups is 1. The first-order chi connectivity index (χ1) is 35.6. The molecule has 0 aliphatic carbocycles. The minimum absolute atomic E-state index is 0.00194. The summed E-state index contributed by atoms with van der Waals surface area (Å²) < 4.78 is 24.6. The third-order valence-electron chi connectivity index (χ3n) is 11.2. The van der Waals surface area contributed by atoms with Crippen LogP contribution in [0.15, 0.2) is 87.0 Å². The lowest BCUT2D eigenvalue weighted by atomic mass is 9.89. The molecular weight excluding hydrogens is 1110 g/mol. The Kier molecular flexibility index (Phi) is 27.7. The number of hydrogen-bond acceptors (Lipinski definition) is 12. The number of nitrogens with two attached hydrogens (primary N) is 1. The summed E-state index contributed by atoms with van der Waals surface area (Å²) in [6.45, 7) is 6.86. The number of aliphatic imine (C=N–C) groups is 1. The summed E-state index contributed by atoms with van der Waals surface area (Å²) in [4.78, 5) is 81.4. The van der Waals surface area contributed by atoms with Crippen LogP contribution in [-0.2, 0) is 44.7 Å². The second kappa shape index (κ2) is 33.8. The molecule has 400 valence electrons. The number of benzene rings is 2. The van der Waals surface area contributed by atoms with Crippen molar-refractivity contribution in [3.05, 3.63) is 92.6 Å². The normalized spacial score (nSPS) is 13.4. The lowest BCUT2D eigenvalue weighted by Crippen LogP contribution is -2.45. The molecule has 1 aliphatic rings. The van der Waals surface area contributed by atoms with E-state index in [0.717, 1.165) is 47.6 Å². The number of hydrogen-bond donors (Lipinski definition) is 6. The summed E-state index contributed by atoms with van der Waals surface area (Å²) in [5, 5.41) is 24.0. The number of unbranched alkanes of at least 4 members (excludes halogenated alkanes) is 3. The molecule has 1 aliphatic heterocycles. The molecule has 2 atom stereocenters. The van der Waals surface area contributed by atoms with E-state index in [-0.39, 0.29) is 104 Å². The molecule has 23 heteroatoms. The Morgan fingerprint density at radius 2 is 1.42 bits per heavy atom. The SMILES string of the molecule is CC(C)[C@H](NC(=O)CCOCCOCCOCCN1C(=O)C(Br)=C(Br)C1=O)C(=O)C[C@@H](CCCNC(N)=O)C(=O)Nc1ccc(C[n+]2ccc(NC(=NCCCCCCOc3ccc(Cl)cc3)NC#N)cc2)cc1. The van der Waals surface area contributed by atoms with Crippen LogP contribution < -0.4 is 41.6 Å². The second-order valence-electron chi connectivity index (χ2n) is 17.3. The quantitative estimate of drug-likeness (QED) is 0.00756. The number of halogens is 3. The van der Waals surface area contributed by atoms with Crippen molar-refractivity contribution in [1.29, 1.82) is 5.26 Å². The van der Waals surface area contributed by atoms with Crippen molar-refractivity contribution < 1.29 is 52.3 Å². The van der Waals surface area contributed by atoms with Crippen molar-refractivity contribution in [2.45, 2.75) is 77.8 Å². The van der Waals surface area contributed by atoms with E-state index in [2.05, 4.69) is 63.4 Å². The second-order valence-corrected chi connectivity index (χ2v) is 19.3. The van der Waals surface area contributed by atoms with Gasteiger partial charge in [0.25, 0.3) is 11.8 Å². The van der Waals surface area contributed by atoms with Gasteiger partial charge in [-0.25, -0.2) is 9.36 Å². The molecule has 0 saturated heterocycles. The summed E-state index contributed by atoms with van der Waals surface area (Å²) in [5.41, 5.74) is 7.48. The van der Waals surface area contributed by atoms with Gasteiger partial charge in [0.1, 0.15) is 14.7 Å². The molecule has 3 aromatic rings. The molecule has 74 heavy (non-hydrogen) atoms. The Bertz CT molecular complexity index is 2380. The number of rotatable bonds is 34. The Labute approximate surface area is 453 Å². The number of nitrogens with zero attached hydrogens (tertiary/aromatic N) is 4. The molecule has 7 N–H and O–H groups in total. The highest BCUT2D eigenvalue weighted by Crippen LogP contribution is 2.29. The number of carbonyl (C=O) groups is 6. The number of guanidine groups is 1. The van der Waals surface area contributed by atoms with Gasteiger partial charge in [0.15, 0.2) is 30.9 Å². The largest absolute Gasteiger partial charge is 0.494 e. The number of nitrogens with one attached hydrogen (secondary N) is 5. The summed E-state index contributed by atoms with van der Waals surface area (Å²) in [6, 6.07) is 16.9. The smallest absolute Gasteiger partial charge is 0.312 e. The van der Waals surface area contributed by atoms with Crippen LogP contribution in [0.3, 0.4) is 0 Å². The lowest BCUT2D eigenvalue weighted by Gasteiger charge is -2.24. The van der Waals surface area contributed by atoms with Gasteiger partial charge < -0.3 is 45.9 Å². The highest BCUT2D eigenvalue weighted by Gasteiger charge is 2.35. The predicted octanol–water partition coefficient (Wildman–Crippen LogP) is 6.07. The van der Waals surface area contributed by atoms with Crippen molar-refractivity contribution in [1.82, 2.24) is 20.9 Å². The van der Waals surface area contributed by atoms with Crippen molar-refractivity contribution in [3.63, 3.8) is 0 Å². The third-order valence-corrected chi connectivity index (χ3v) is 13.5. The van der Waals surface area contributed by atoms with Crippen LogP contribution in [0.25, 0.3) is 0 Å². The first-order valence-electron chi connectivity index (χ1n) is 24.4. The van der Waals surface area contributed by atoms with Gasteiger partial charge in [-0.15, -0.1) is 0 Å². The van der Waals surface area contributed by atoms with Gasteiger partial charge in [-0.3, -0.25) is 39.2 Å². The zero-order chi connectivity index (χ0) is 53.7. The lowest BCUT2D eigenvalue weighted by molar-refractivity contribution is -0.688. The molecule has 0 radical (unpaired) electrons. The molecule has 2 heterocycles. The maximum Gasteiger partial charge on any atom is 0.312 e. The van der Waals surface area contributed by atoms with Crippen LogP contribution in [0.5, 0.6) is 5.75 Å². The number of pyridine rings is 1. The van der Waals surface area contributed by atoms with Crippen LogP contribution in [0.4, 0.5) is 16.2 Å². The number of amides is 6. The maximum absolute atomic E-state index is 13.7. The van der Waals surface area contributed by atoms with Gasteiger partial charge >= 0.3 is 6.03 Å². The summed E-state index contributed by atoms with van der Waals surface area (Å²) in [6.07, 6.45) is 9.99. The number of ketones is 1. The molecule has 0 unspecified atom stereocenters. The van der Waals surface area contributed by atoms with Crippen LogP contribution in [0.1, 0.15) is 70.8 Å². The Hall–Kier alpha value is -5.96. The Balaban J connectivity index is 1.17. The molecule has 6 amide bonds. The van der Waals surface area contributed by atoms with Crippen molar-refractivity contribution >= 4 is 96.2 Å². The van der Waals surface area contributed by atoms with E-state index in [1.54, 1.807) is 24.3 Å². The summed E-state index contributed by atoms with van der Waals surface area (Å²) >= 11 is 12.1. The van der Waals surface area contributed by atoms with Crippen LogP contribution in [0.2, 0.25) is 5.02 Å². The van der Waals surface area contributed by atoms with Gasteiger partial charge in [-0.1, -0.05) is 44.0 Å². The Morgan fingerprint density at radius 1 is 0.797 bits per heavy atom. The zero-order valence-electron chi connectivity index (χ0n) is 41.7. The van der Waals surface area contributed by atoms with E-state index in [4.69, 9.17) is 36.3 Å². The fourth-order valence-electron chi connectivity index (χ4n) is 7.28. The van der Waals surface area contributed by atoms with Gasteiger partial charge in [-0.05, 0) is 106 Å². The number of primary amides is 1. The van der Waals surface area contributed by atoms with E-state index in [0.29, 0.717) is 42.8 Å². The summed E-state index contributed by atoms with van der Waals surface area (Å²) in [5.74, 6) is -1.80. The predicted molar refractivity (Wildman–Crippen MR) is 286 cm³/mol. The molecule has 2 aromatic carbocycles. The highest BCUT2D eigenvalue weighted by molar-refractivity contribution is 9.14. The third kappa shape index (κ3) is 22.7. The van der Waals surface area contributed by atoms with Gasteiger partial charge in [0, 0.05) is 60.3 Å². The van der Waals surface area contributed by atoms with Crippen LogP contribution in [-0.4, -0.2) is 118 Å². The van der Waals surface area contributed by atoms with Gasteiger partial charge in [0.05, 0.1) is 64.5 Å². The molecule has 0 spiro atoms. The van der Waals surface area contributed by atoms with E-state index in [1.165, 1.54) is 0 Å². The van der Waals surface area contributed by atoms with Crippen molar-refractivity contribution in [3.8, 4) is 11.9 Å². The molecule has 0 saturated carbocycles. The number of carbonyl (C=O) groups excluding carboxylic acids is 6. The first-order valence-corrected chi connectivity index (χ1v) is 26.4. The average molecular weight is 1170 g/mol. The van der Waals surface area contributed by atoms with Gasteiger partial charge in [0.2, 0.25) is 17.8 Å². The van der Waals surface area contributed by atoms with E-state index >= 15 is 0 Å². The Morgan fingerprint density at radius 3 is 2.05 bits per heavy atom. The molecule has 4 rings (SSSR count). The fourth-order valence-corrected chi connectivity index (χ4v) is 8.17. The van der Waals surface area contributed by atoms with E-state index in [9.17, 15) is 34.0 Å². The number of urea groups is 1. The molecular formula is C51H66Br2ClN10O10+. The van der Waals surface area contributed by atoms with Crippen molar-refractivity contribution in [2.24, 2.45) is 22.6 Å². The number of nitriles is 1. The molecule has 0 fully saturated rings. The zero-order valence-corrected chi connectivity index (χ0v) is 45.6. The minimum Gasteiger partial charge on any atom is -0.494 e. The monoisotopic (exact) mass is 1170 g/mol. The topological polar surface area (TPSA) is 269 Å². The number of Topliss-reactive ketones (excluding diaryl/α,β-unsaturated/α-hetero) is 1. The standard InChI is InChI=1S/C51H65Br2ClN10O10/c1-35(2)46(62-43(66)19-26-71-28-30-73-31-29-72-27-24-64-48(68)44(52)45(53)49(64)69)42(65)32-37(8-7-21-57-50(56)70)47(67)60-39-13-9-36(10-14-39)33-63-22-17-40(18-23-63)61-51(59-34-55)58-20-5-3-4-6-25-74-41-15-11-38(54)12-16-41/h9-18,22-23,35,37,46H,3-8,19-21,24-33H2,1-2H3,(H6,56,57,58,59,60,62,66,67,70)/p+1/t37-,46+/m1/s1. The van der Waals surface area contributed by atoms with Crippen LogP contribution >= 0.6 is 43.5 Å². The minimum atomic E-state index is -0.851. The molecule has 0 bridgehead atoms. The van der Waals surface area contributed by atoms with Crippen LogP contribution in [0, 0.1) is 23.3 Å². The van der Waals surface area contributed by atoms with Crippen molar-refractivity contribution in [2.75, 3.05) is 76.5 Å². The van der Waals surface area contributed by atoms with E-state index < -0.39 is 29.8 Å². The first kappa shape index (κ1) is 60.6. The average Bonchev–Trinajstić information content (AvgIpc) is 3.55. The fraction of sp³-hybridized carbons (Fsp3) is 0.471. The van der Waals surface area contributed by atoms with E-state index in [1.807, 2.05) is 73.4 Å². The number of ether oxygens (including phenoxy) is 4. The molecule has 1 aromatic heterocycles. The highest BCUT2D eigenvalue weighted by atomic mass is 79.9. The molecule has 20 nitrogen and oxygen atoms in total. The number of anilines is 2. The van der Waals surface area contributed by atoms with Gasteiger partial charge in [-0.2, -0.15) is 5.26 Å². The maximum atomic E-state index is 13.7. The number of aromatic nitrogens is 1.